The van der Waals surface area contributed by atoms with Gasteiger partial charge in [0, 0.05) is 44.4 Å². The summed E-state index contributed by atoms with van der Waals surface area (Å²) in [6, 6.07) is 0. The maximum Gasteiger partial charge on any atom is 0.226 e. The van der Waals surface area contributed by atoms with Gasteiger partial charge in [0.1, 0.15) is 0 Å². The Morgan fingerprint density at radius 3 is 2.50 bits per heavy atom. The zero-order valence-electron chi connectivity index (χ0n) is 11.4. The first kappa shape index (κ1) is 14.2. The van der Waals surface area contributed by atoms with Crippen LogP contribution in [0, 0.1) is 5.92 Å². The zero-order chi connectivity index (χ0) is 13.2. The van der Waals surface area contributed by atoms with Crippen molar-refractivity contribution in [2.24, 2.45) is 5.92 Å². The third-order valence-electron chi connectivity index (χ3n) is 3.57. The van der Waals surface area contributed by atoms with Crippen LogP contribution in [0.4, 0.5) is 0 Å². The van der Waals surface area contributed by atoms with E-state index < -0.39 is 5.60 Å². The Labute approximate surface area is 114 Å². The Bertz CT molecular complexity index is 290. The first-order chi connectivity index (χ1) is 8.46. The lowest BCUT2D eigenvalue weighted by molar-refractivity contribution is -0.136. The normalized spacial score (nSPS) is 26.6. The highest BCUT2D eigenvalue weighted by Crippen LogP contribution is 2.25. The molecule has 0 aromatic heterocycles. The molecule has 2 fully saturated rings. The molecule has 0 aliphatic carbocycles. The second-order valence-corrected chi connectivity index (χ2v) is 7.12. The van der Waals surface area contributed by atoms with E-state index in [4.69, 9.17) is 0 Å². The Hall–Kier alpha value is -0.260. The van der Waals surface area contributed by atoms with Crippen LogP contribution >= 0.6 is 11.8 Å². The van der Waals surface area contributed by atoms with Gasteiger partial charge in [0.15, 0.2) is 0 Å². The summed E-state index contributed by atoms with van der Waals surface area (Å²) in [5, 5.41) is 9.79. The second kappa shape index (κ2) is 5.80. The maximum absolute atomic E-state index is 12.2. The minimum atomic E-state index is -0.645. The Kier molecular flexibility index (Phi) is 4.56. The van der Waals surface area contributed by atoms with E-state index >= 15 is 0 Å². The number of thioether (sulfide) groups is 1. The second-order valence-electron chi connectivity index (χ2n) is 5.97. The lowest BCUT2D eigenvalue weighted by atomic mass is 10.1. The predicted molar refractivity (Wildman–Crippen MR) is 74.7 cm³/mol. The molecular formula is C13H24N2O2S. The fourth-order valence-corrected chi connectivity index (χ4v) is 3.87. The van der Waals surface area contributed by atoms with E-state index in [9.17, 15) is 9.90 Å². The van der Waals surface area contributed by atoms with Gasteiger partial charge in [0.2, 0.25) is 5.91 Å². The van der Waals surface area contributed by atoms with Crippen LogP contribution in [-0.2, 0) is 4.79 Å². The van der Waals surface area contributed by atoms with Crippen molar-refractivity contribution >= 4 is 17.7 Å². The molecular weight excluding hydrogens is 248 g/mol. The molecule has 1 amide bonds. The van der Waals surface area contributed by atoms with Crippen LogP contribution in [0.2, 0.25) is 0 Å². The van der Waals surface area contributed by atoms with E-state index in [0.29, 0.717) is 12.5 Å². The van der Waals surface area contributed by atoms with Gasteiger partial charge >= 0.3 is 0 Å². The average Bonchev–Trinajstić information content (AvgIpc) is 2.80. The summed E-state index contributed by atoms with van der Waals surface area (Å²) in [6.45, 7) is 7.76. The minimum absolute atomic E-state index is 0.260. The SMILES string of the molecule is CC(C)(O)CN1CCN(C(=O)C2CCSC2)CC1. The van der Waals surface area contributed by atoms with Crippen LogP contribution in [-0.4, -0.2) is 70.6 Å². The maximum atomic E-state index is 12.2. The van der Waals surface area contributed by atoms with Crippen molar-refractivity contribution in [2.45, 2.75) is 25.9 Å². The van der Waals surface area contributed by atoms with Crippen LogP contribution in [0.25, 0.3) is 0 Å². The molecule has 0 radical (unpaired) electrons. The quantitative estimate of drug-likeness (QED) is 0.819. The van der Waals surface area contributed by atoms with Gasteiger partial charge in [-0.15, -0.1) is 0 Å². The first-order valence-corrected chi connectivity index (χ1v) is 7.92. The van der Waals surface area contributed by atoms with Gasteiger partial charge in [0.05, 0.1) is 5.60 Å². The van der Waals surface area contributed by atoms with Crippen LogP contribution in [0.3, 0.4) is 0 Å². The standard InChI is InChI=1S/C13H24N2O2S/c1-13(2,17)10-14-4-6-15(7-5-14)12(16)11-3-8-18-9-11/h11,17H,3-10H2,1-2H3. The van der Waals surface area contributed by atoms with Crippen molar-refractivity contribution in [3.05, 3.63) is 0 Å². The molecule has 104 valence electrons. The van der Waals surface area contributed by atoms with Gasteiger partial charge in [-0.3, -0.25) is 9.69 Å². The van der Waals surface area contributed by atoms with Crippen molar-refractivity contribution in [3.63, 3.8) is 0 Å². The monoisotopic (exact) mass is 272 g/mol. The minimum Gasteiger partial charge on any atom is -0.389 e. The number of amides is 1. The summed E-state index contributed by atoms with van der Waals surface area (Å²) in [6.07, 6.45) is 1.05. The molecule has 2 heterocycles. The Morgan fingerprint density at radius 2 is 2.00 bits per heavy atom. The van der Waals surface area contributed by atoms with E-state index in [-0.39, 0.29) is 5.92 Å². The van der Waals surface area contributed by atoms with Gasteiger partial charge in [-0.05, 0) is 26.0 Å². The molecule has 2 saturated heterocycles. The highest BCUT2D eigenvalue weighted by atomic mass is 32.2. The molecule has 5 heteroatoms. The molecule has 4 nitrogen and oxygen atoms in total. The Morgan fingerprint density at radius 1 is 1.33 bits per heavy atom. The predicted octanol–water partition coefficient (Wildman–Crippen LogP) is 0.655. The van der Waals surface area contributed by atoms with E-state index in [1.165, 1.54) is 0 Å². The zero-order valence-corrected chi connectivity index (χ0v) is 12.2. The molecule has 1 atom stereocenters. The summed E-state index contributed by atoms with van der Waals surface area (Å²) < 4.78 is 0. The number of nitrogens with zero attached hydrogens (tertiary/aromatic N) is 2. The van der Waals surface area contributed by atoms with Gasteiger partial charge < -0.3 is 10.0 Å². The Balaban J connectivity index is 1.77. The summed E-state index contributed by atoms with van der Waals surface area (Å²) >= 11 is 1.89. The number of rotatable bonds is 3. The van der Waals surface area contributed by atoms with Crippen LogP contribution in [0.5, 0.6) is 0 Å². The lowest BCUT2D eigenvalue weighted by Crippen LogP contribution is -2.53. The fourth-order valence-electron chi connectivity index (χ4n) is 2.66. The largest absolute Gasteiger partial charge is 0.389 e. The van der Waals surface area contributed by atoms with Gasteiger partial charge in [-0.25, -0.2) is 0 Å². The van der Waals surface area contributed by atoms with Crippen LogP contribution in [0.15, 0.2) is 0 Å². The van der Waals surface area contributed by atoms with Crippen molar-refractivity contribution in [1.29, 1.82) is 0 Å². The smallest absolute Gasteiger partial charge is 0.226 e. The molecule has 2 aliphatic rings. The third-order valence-corrected chi connectivity index (χ3v) is 4.74. The molecule has 0 aromatic carbocycles. The number of carbonyl (C=O) groups excluding carboxylic acids is 1. The van der Waals surface area contributed by atoms with Crippen molar-refractivity contribution in [1.82, 2.24) is 9.80 Å². The topological polar surface area (TPSA) is 43.8 Å². The molecule has 2 aliphatic heterocycles. The number of β-amino-alcohol motifs (C(OH)–C–C–N with tert-alkyl or cyclic N) is 1. The van der Waals surface area contributed by atoms with Crippen LogP contribution < -0.4 is 0 Å². The summed E-state index contributed by atoms with van der Waals surface area (Å²) in [5.41, 5.74) is -0.645. The van der Waals surface area contributed by atoms with Crippen molar-refractivity contribution < 1.29 is 9.90 Å². The van der Waals surface area contributed by atoms with E-state index in [1.54, 1.807) is 0 Å². The number of carbonyl (C=O) groups is 1. The molecule has 0 saturated carbocycles. The van der Waals surface area contributed by atoms with E-state index in [1.807, 2.05) is 30.5 Å². The van der Waals surface area contributed by atoms with Crippen LogP contribution in [0.1, 0.15) is 20.3 Å². The summed E-state index contributed by atoms with van der Waals surface area (Å²) in [5.74, 6) is 2.75. The number of hydrogen-bond donors (Lipinski definition) is 1. The van der Waals surface area contributed by atoms with Gasteiger partial charge in [-0.1, -0.05) is 0 Å². The number of aliphatic hydroxyl groups is 1. The third kappa shape index (κ3) is 3.87. The summed E-state index contributed by atoms with van der Waals surface area (Å²) in [4.78, 5) is 16.5. The van der Waals surface area contributed by atoms with E-state index in [0.717, 1.165) is 44.1 Å². The molecule has 0 bridgehead atoms. The molecule has 18 heavy (non-hydrogen) atoms. The molecule has 0 aromatic rings. The lowest BCUT2D eigenvalue weighted by Gasteiger charge is -2.38. The molecule has 1 N–H and O–H groups in total. The summed E-state index contributed by atoms with van der Waals surface area (Å²) in [7, 11) is 0. The average molecular weight is 272 g/mol. The van der Waals surface area contributed by atoms with Crippen molar-refractivity contribution in [3.8, 4) is 0 Å². The van der Waals surface area contributed by atoms with Crippen molar-refractivity contribution in [2.75, 3.05) is 44.2 Å². The first-order valence-electron chi connectivity index (χ1n) is 6.77. The molecule has 0 spiro atoms. The fraction of sp³-hybridized carbons (Fsp3) is 0.923. The number of piperazine rings is 1. The van der Waals surface area contributed by atoms with Gasteiger partial charge in [0.25, 0.3) is 0 Å². The molecule has 2 rings (SSSR count). The highest BCUT2D eigenvalue weighted by molar-refractivity contribution is 7.99. The molecule has 1 unspecified atom stereocenters. The van der Waals surface area contributed by atoms with Gasteiger partial charge in [-0.2, -0.15) is 11.8 Å². The number of hydrogen-bond acceptors (Lipinski definition) is 4. The highest BCUT2D eigenvalue weighted by Gasteiger charge is 2.30. The van der Waals surface area contributed by atoms with E-state index in [2.05, 4.69) is 4.90 Å².